The zero-order valence-electron chi connectivity index (χ0n) is 11.6. The van der Waals surface area contributed by atoms with E-state index in [4.69, 9.17) is 4.74 Å². The molecule has 0 aromatic rings. The first-order valence-electron chi connectivity index (χ1n) is 7.82. The van der Waals surface area contributed by atoms with Crippen LogP contribution in [0.5, 0.6) is 0 Å². The summed E-state index contributed by atoms with van der Waals surface area (Å²) in [5.74, 6) is 0. The molecule has 3 heteroatoms. The summed E-state index contributed by atoms with van der Waals surface area (Å²) < 4.78 is 6.81. The highest BCUT2D eigenvalue weighted by Crippen LogP contribution is 2.65. The lowest BCUT2D eigenvalue weighted by Crippen LogP contribution is -2.67. The molecule has 2 heterocycles. The predicted molar refractivity (Wildman–Crippen MR) is 71.4 cm³/mol. The molecule has 1 N–H and O–H groups in total. The van der Waals surface area contributed by atoms with E-state index in [0.717, 1.165) is 0 Å². The third kappa shape index (κ3) is 1.53. The first-order valence-corrected chi connectivity index (χ1v) is 7.82. The van der Waals surface area contributed by atoms with Gasteiger partial charge in [-0.2, -0.15) is 0 Å². The van der Waals surface area contributed by atoms with Gasteiger partial charge >= 0.3 is 0 Å². The Labute approximate surface area is 110 Å². The number of rotatable bonds is 0. The van der Waals surface area contributed by atoms with Crippen molar-refractivity contribution in [1.82, 2.24) is 10.2 Å². The molecular formula is C15H26N2O. The van der Waals surface area contributed by atoms with E-state index in [1.165, 1.54) is 71.0 Å². The number of nitrogens with zero attached hydrogens (tertiary/aromatic N) is 1. The normalized spacial score (nSPS) is 41.8. The van der Waals surface area contributed by atoms with E-state index in [2.05, 4.69) is 17.3 Å². The van der Waals surface area contributed by atoms with E-state index in [0.29, 0.717) is 5.41 Å². The van der Waals surface area contributed by atoms with Gasteiger partial charge in [0.2, 0.25) is 0 Å². The van der Waals surface area contributed by atoms with E-state index >= 15 is 0 Å². The van der Waals surface area contributed by atoms with Crippen LogP contribution in [0.15, 0.2) is 0 Å². The second-order valence-electron chi connectivity index (χ2n) is 7.23. The zero-order valence-corrected chi connectivity index (χ0v) is 11.6. The summed E-state index contributed by atoms with van der Waals surface area (Å²) in [5.41, 5.74) is 0.828. The minimum Gasteiger partial charge on any atom is -0.354 e. The van der Waals surface area contributed by atoms with E-state index in [1.54, 1.807) is 0 Å². The molecule has 2 saturated heterocycles. The third-order valence-corrected chi connectivity index (χ3v) is 6.14. The maximum atomic E-state index is 6.81. The highest BCUT2D eigenvalue weighted by atomic mass is 16.5. The summed E-state index contributed by atoms with van der Waals surface area (Å²) in [6.45, 7) is 3.62. The fourth-order valence-electron chi connectivity index (χ4n) is 4.44. The van der Waals surface area contributed by atoms with Crippen molar-refractivity contribution < 1.29 is 4.74 Å². The Balaban J connectivity index is 1.56. The Bertz CT molecular complexity index is 348. The topological polar surface area (TPSA) is 24.5 Å². The minimum atomic E-state index is 0.0129. The predicted octanol–water partition coefficient (Wildman–Crippen LogP) is 2.12. The molecule has 3 spiro atoms. The van der Waals surface area contributed by atoms with Gasteiger partial charge < -0.3 is 9.64 Å². The number of likely N-dealkylation sites (tertiary alicyclic amines) is 1. The van der Waals surface area contributed by atoms with Crippen molar-refractivity contribution in [3.8, 4) is 0 Å². The van der Waals surface area contributed by atoms with Gasteiger partial charge in [-0.1, -0.05) is 0 Å². The highest BCUT2D eigenvalue weighted by molar-refractivity contribution is 5.17. The largest absolute Gasteiger partial charge is 0.354 e. The molecule has 0 aromatic carbocycles. The summed E-state index contributed by atoms with van der Waals surface area (Å²) >= 11 is 0. The van der Waals surface area contributed by atoms with Crippen LogP contribution in [0.4, 0.5) is 0 Å². The van der Waals surface area contributed by atoms with E-state index in [9.17, 15) is 0 Å². The molecule has 0 aromatic heterocycles. The molecule has 4 fully saturated rings. The molecule has 3 nitrogen and oxygen atoms in total. The number of nitrogens with one attached hydrogen (secondary N) is 1. The van der Waals surface area contributed by atoms with Gasteiger partial charge in [-0.15, -0.1) is 0 Å². The number of hydrogen-bond donors (Lipinski definition) is 1. The number of hydrogen-bond acceptors (Lipinski definition) is 3. The van der Waals surface area contributed by atoms with Crippen LogP contribution in [0.3, 0.4) is 0 Å². The highest BCUT2D eigenvalue weighted by Gasteiger charge is 2.67. The van der Waals surface area contributed by atoms with Gasteiger partial charge in [-0.25, -0.2) is 0 Å². The molecule has 102 valence electrons. The number of ether oxygens (including phenoxy) is 1. The molecule has 4 rings (SSSR count). The van der Waals surface area contributed by atoms with Crippen molar-refractivity contribution in [3.63, 3.8) is 0 Å². The number of fused-ring (bicyclic) bond motifs is 1. The first-order chi connectivity index (χ1) is 8.68. The average molecular weight is 250 g/mol. The molecule has 0 bridgehead atoms. The van der Waals surface area contributed by atoms with Crippen LogP contribution in [0.1, 0.15) is 51.4 Å². The smallest absolute Gasteiger partial charge is 0.121 e. The monoisotopic (exact) mass is 250 g/mol. The molecule has 18 heavy (non-hydrogen) atoms. The van der Waals surface area contributed by atoms with Crippen molar-refractivity contribution in [1.29, 1.82) is 0 Å². The van der Waals surface area contributed by atoms with Gasteiger partial charge in [0.05, 0.1) is 5.60 Å². The second-order valence-corrected chi connectivity index (χ2v) is 7.23. The lowest BCUT2D eigenvalue weighted by molar-refractivity contribution is -0.268. The van der Waals surface area contributed by atoms with E-state index < -0.39 is 0 Å². The molecule has 0 amide bonds. The lowest BCUT2D eigenvalue weighted by Gasteiger charge is -2.58. The van der Waals surface area contributed by atoms with E-state index in [-0.39, 0.29) is 11.3 Å². The van der Waals surface area contributed by atoms with Crippen molar-refractivity contribution in [3.05, 3.63) is 0 Å². The Hall–Kier alpha value is -0.120. The summed E-state index contributed by atoms with van der Waals surface area (Å²) in [4.78, 5) is 2.45. The van der Waals surface area contributed by atoms with Crippen LogP contribution >= 0.6 is 0 Å². The maximum Gasteiger partial charge on any atom is 0.121 e. The Kier molecular flexibility index (Phi) is 2.41. The van der Waals surface area contributed by atoms with Gasteiger partial charge in [-0.05, 0) is 58.5 Å². The van der Waals surface area contributed by atoms with Gasteiger partial charge in [0, 0.05) is 24.9 Å². The quantitative estimate of drug-likeness (QED) is 0.713. The van der Waals surface area contributed by atoms with Gasteiger partial charge in [0.1, 0.15) is 5.72 Å². The molecule has 2 aliphatic heterocycles. The van der Waals surface area contributed by atoms with Crippen LogP contribution in [-0.4, -0.2) is 42.9 Å². The first kappa shape index (κ1) is 11.7. The lowest BCUT2D eigenvalue weighted by atomic mass is 9.67. The molecule has 1 unspecified atom stereocenters. The van der Waals surface area contributed by atoms with E-state index in [1.807, 2.05) is 0 Å². The standard InChI is InChI=1S/C15H26N2O/c1-17-10-3-6-15(9-11-17)16-12-13(7-8-13)14(18-15)4-2-5-14/h16H,2-12H2,1H3. The summed E-state index contributed by atoms with van der Waals surface area (Å²) in [6, 6.07) is 0. The van der Waals surface area contributed by atoms with Crippen LogP contribution < -0.4 is 5.32 Å². The summed E-state index contributed by atoms with van der Waals surface area (Å²) in [6.07, 6.45) is 10.5. The third-order valence-electron chi connectivity index (χ3n) is 6.14. The summed E-state index contributed by atoms with van der Waals surface area (Å²) in [5, 5.41) is 3.82. The van der Waals surface area contributed by atoms with Crippen molar-refractivity contribution in [2.75, 3.05) is 26.7 Å². The fraction of sp³-hybridized carbons (Fsp3) is 1.00. The Morgan fingerprint density at radius 2 is 1.78 bits per heavy atom. The fourth-order valence-corrected chi connectivity index (χ4v) is 4.44. The molecule has 1 atom stereocenters. The summed E-state index contributed by atoms with van der Waals surface area (Å²) in [7, 11) is 2.24. The Morgan fingerprint density at radius 1 is 0.944 bits per heavy atom. The molecule has 2 aliphatic carbocycles. The Morgan fingerprint density at radius 3 is 2.44 bits per heavy atom. The van der Waals surface area contributed by atoms with Gasteiger partial charge in [0.25, 0.3) is 0 Å². The van der Waals surface area contributed by atoms with Gasteiger partial charge in [-0.3, -0.25) is 5.32 Å². The van der Waals surface area contributed by atoms with Crippen LogP contribution in [-0.2, 0) is 4.74 Å². The van der Waals surface area contributed by atoms with Crippen molar-refractivity contribution >= 4 is 0 Å². The SMILES string of the molecule is CN1CCCC2(CC1)NCC1(CC1)C1(CCC1)O2. The van der Waals surface area contributed by atoms with Crippen molar-refractivity contribution in [2.24, 2.45) is 5.41 Å². The molecule has 2 saturated carbocycles. The van der Waals surface area contributed by atoms with Crippen LogP contribution in [0.25, 0.3) is 0 Å². The minimum absolute atomic E-state index is 0.0129. The zero-order chi connectivity index (χ0) is 12.3. The average Bonchev–Trinajstić information content (AvgIpc) is 3.09. The molecule has 4 aliphatic rings. The van der Waals surface area contributed by atoms with Crippen LogP contribution in [0.2, 0.25) is 0 Å². The second kappa shape index (κ2) is 3.71. The molecule has 0 radical (unpaired) electrons. The van der Waals surface area contributed by atoms with Gasteiger partial charge in [0.15, 0.2) is 0 Å². The van der Waals surface area contributed by atoms with Crippen molar-refractivity contribution in [2.45, 2.75) is 62.7 Å². The van der Waals surface area contributed by atoms with Crippen LogP contribution in [0, 0.1) is 5.41 Å². The molecular weight excluding hydrogens is 224 g/mol. The maximum absolute atomic E-state index is 6.81.